The first-order chi connectivity index (χ1) is 9.88. The Morgan fingerprint density at radius 2 is 1.95 bits per heavy atom. The number of piperidine rings is 1. The van der Waals surface area contributed by atoms with Gasteiger partial charge in [-0.3, -0.25) is 4.79 Å². The summed E-state index contributed by atoms with van der Waals surface area (Å²) in [6, 6.07) is 6.15. The minimum absolute atomic E-state index is 0.0407. The van der Waals surface area contributed by atoms with Gasteiger partial charge in [0.2, 0.25) is 5.91 Å². The van der Waals surface area contributed by atoms with Gasteiger partial charge >= 0.3 is 0 Å². The number of benzene rings is 1. The lowest BCUT2D eigenvalue weighted by molar-refractivity contribution is -0.125. The molecule has 1 heterocycles. The summed E-state index contributed by atoms with van der Waals surface area (Å²) in [6.45, 7) is 7.13. The van der Waals surface area contributed by atoms with Crippen molar-refractivity contribution in [2.75, 3.05) is 6.54 Å². The quantitative estimate of drug-likeness (QED) is 0.898. The normalized spacial score (nSPS) is 20.9. The second-order valence-electron chi connectivity index (χ2n) is 6.86. The topological polar surface area (TPSA) is 41.1 Å². The number of hydrogen-bond acceptors (Lipinski definition) is 2. The largest absolute Gasteiger partial charge is 0.347 e. The average Bonchev–Trinajstić information content (AvgIpc) is 2.45. The molecule has 0 aliphatic carbocycles. The maximum absolute atomic E-state index is 13.1. The number of amides is 1. The molecule has 1 aliphatic heterocycles. The van der Waals surface area contributed by atoms with Crippen molar-refractivity contribution in [1.29, 1.82) is 0 Å². The van der Waals surface area contributed by atoms with Crippen LogP contribution in [0.1, 0.15) is 51.6 Å². The molecule has 116 valence electrons. The van der Waals surface area contributed by atoms with Crippen molar-refractivity contribution in [3.05, 3.63) is 35.6 Å². The van der Waals surface area contributed by atoms with E-state index in [1.165, 1.54) is 12.1 Å². The summed E-state index contributed by atoms with van der Waals surface area (Å²) in [5.41, 5.74) is 0.801. The van der Waals surface area contributed by atoms with Crippen molar-refractivity contribution in [3.8, 4) is 0 Å². The Morgan fingerprint density at radius 3 is 2.48 bits per heavy atom. The third kappa shape index (κ3) is 4.27. The molecule has 0 aromatic heterocycles. The first-order valence-electron chi connectivity index (χ1n) is 7.67. The van der Waals surface area contributed by atoms with Gasteiger partial charge in [-0.25, -0.2) is 4.39 Å². The number of carbonyl (C=O) groups excluding carboxylic acids is 1. The highest BCUT2D eigenvalue weighted by Gasteiger charge is 2.30. The number of nitrogens with one attached hydrogen (secondary N) is 2. The van der Waals surface area contributed by atoms with Crippen LogP contribution in [0.2, 0.25) is 0 Å². The zero-order valence-electron chi connectivity index (χ0n) is 13.1. The number of carbonyl (C=O) groups is 1. The second kappa shape index (κ2) is 6.56. The third-order valence-electron chi connectivity index (χ3n) is 3.98. The summed E-state index contributed by atoms with van der Waals surface area (Å²) >= 11 is 0. The molecule has 0 radical (unpaired) electrons. The van der Waals surface area contributed by atoms with Crippen LogP contribution in [0.25, 0.3) is 0 Å². The van der Waals surface area contributed by atoms with Crippen LogP contribution >= 0.6 is 0 Å². The van der Waals surface area contributed by atoms with Gasteiger partial charge in [-0.15, -0.1) is 0 Å². The Morgan fingerprint density at radius 1 is 1.29 bits per heavy atom. The smallest absolute Gasteiger partial charge is 0.237 e. The minimum atomic E-state index is -0.258. The zero-order chi connectivity index (χ0) is 15.5. The summed E-state index contributed by atoms with van der Waals surface area (Å²) < 4.78 is 13.1. The molecule has 1 unspecified atom stereocenters. The average molecular weight is 292 g/mol. The van der Waals surface area contributed by atoms with Gasteiger partial charge in [0.05, 0.1) is 12.1 Å². The van der Waals surface area contributed by atoms with Crippen LogP contribution in [-0.2, 0) is 4.79 Å². The fourth-order valence-corrected chi connectivity index (χ4v) is 2.77. The number of halogens is 1. The molecule has 1 aromatic carbocycles. The SMILES string of the molecule is CC(C)(C)C(NC(=O)[C@H]1CCCCN1)c1ccc(F)cc1. The van der Waals surface area contributed by atoms with E-state index in [4.69, 9.17) is 0 Å². The minimum Gasteiger partial charge on any atom is -0.347 e. The fraction of sp³-hybridized carbons (Fsp3) is 0.588. The number of hydrogen-bond donors (Lipinski definition) is 2. The van der Waals surface area contributed by atoms with Crippen LogP contribution in [0.15, 0.2) is 24.3 Å². The molecule has 1 aromatic rings. The van der Waals surface area contributed by atoms with Crippen LogP contribution < -0.4 is 10.6 Å². The summed E-state index contributed by atoms with van der Waals surface area (Å²) in [5, 5.41) is 6.40. The first kappa shape index (κ1) is 16.0. The summed E-state index contributed by atoms with van der Waals surface area (Å²) in [7, 11) is 0. The van der Waals surface area contributed by atoms with Gasteiger partial charge in [0.15, 0.2) is 0 Å². The molecular weight excluding hydrogens is 267 g/mol. The van der Waals surface area contributed by atoms with Crippen LogP contribution in [0.4, 0.5) is 4.39 Å². The molecule has 2 N–H and O–H groups in total. The molecule has 1 aliphatic rings. The van der Waals surface area contributed by atoms with Gasteiger partial charge in [-0.05, 0) is 42.5 Å². The Hall–Kier alpha value is -1.42. The predicted octanol–water partition coefficient (Wildman–Crippen LogP) is 3.17. The lowest BCUT2D eigenvalue weighted by Crippen LogP contribution is -2.49. The van der Waals surface area contributed by atoms with Crippen LogP contribution in [-0.4, -0.2) is 18.5 Å². The van der Waals surface area contributed by atoms with Crippen molar-refractivity contribution >= 4 is 5.91 Å². The van der Waals surface area contributed by atoms with Crippen LogP contribution in [0.5, 0.6) is 0 Å². The lowest BCUT2D eigenvalue weighted by Gasteiger charge is -2.34. The van der Waals surface area contributed by atoms with E-state index in [-0.39, 0.29) is 29.2 Å². The fourth-order valence-electron chi connectivity index (χ4n) is 2.77. The summed E-state index contributed by atoms with van der Waals surface area (Å²) in [5.74, 6) is -0.217. The number of rotatable bonds is 3. The van der Waals surface area contributed by atoms with Gasteiger partial charge in [-0.1, -0.05) is 39.3 Å². The molecule has 1 saturated heterocycles. The van der Waals surface area contributed by atoms with Crippen LogP contribution in [0, 0.1) is 11.2 Å². The monoisotopic (exact) mass is 292 g/mol. The third-order valence-corrected chi connectivity index (χ3v) is 3.98. The molecule has 0 spiro atoms. The van der Waals surface area contributed by atoms with Gasteiger partial charge < -0.3 is 10.6 Å². The van der Waals surface area contributed by atoms with E-state index in [0.29, 0.717) is 0 Å². The highest BCUT2D eigenvalue weighted by Crippen LogP contribution is 2.33. The van der Waals surface area contributed by atoms with Gasteiger partial charge in [0.25, 0.3) is 0 Å². The van der Waals surface area contributed by atoms with Gasteiger partial charge in [0.1, 0.15) is 5.82 Å². The Labute approximate surface area is 126 Å². The maximum atomic E-state index is 13.1. The summed E-state index contributed by atoms with van der Waals surface area (Å²) in [4.78, 5) is 12.4. The molecule has 21 heavy (non-hydrogen) atoms. The van der Waals surface area contributed by atoms with E-state index in [9.17, 15) is 9.18 Å². The van der Waals surface area contributed by atoms with E-state index in [0.717, 1.165) is 31.4 Å². The Balaban J connectivity index is 2.13. The molecule has 1 amide bonds. The van der Waals surface area contributed by atoms with Crippen molar-refractivity contribution in [2.45, 2.75) is 52.1 Å². The van der Waals surface area contributed by atoms with Gasteiger partial charge in [-0.2, -0.15) is 0 Å². The first-order valence-corrected chi connectivity index (χ1v) is 7.67. The molecule has 2 rings (SSSR count). The van der Waals surface area contributed by atoms with Crippen molar-refractivity contribution in [3.63, 3.8) is 0 Å². The van der Waals surface area contributed by atoms with Crippen molar-refractivity contribution in [1.82, 2.24) is 10.6 Å². The summed E-state index contributed by atoms with van der Waals surface area (Å²) in [6.07, 6.45) is 3.10. The Kier molecular flexibility index (Phi) is 4.99. The Bertz CT molecular complexity index is 473. The van der Waals surface area contributed by atoms with E-state index in [1.807, 2.05) is 0 Å². The van der Waals surface area contributed by atoms with E-state index >= 15 is 0 Å². The van der Waals surface area contributed by atoms with E-state index < -0.39 is 0 Å². The maximum Gasteiger partial charge on any atom is 0.237 e. The van der Waals surface area contributed by atoms with Crippen molar-refractivity contribution in [2.24, 2.45) is 5.41 Å². The zero-order valence-corrected chi connectivity index (χ0v) is 13.1. The molecule has 0 saturated carbocycles. The van der Waals surface area contributed by atoms with Crippen molar-refractivity contribution < 1.29 is 9.18 Å². The van der Waals surface area contributed by atoms with E-state index in [2.05, 4.69) is 31.4 Å². The molecule has 4 heteroatoms. The lowest BCUT2D eigenvalue weighted by atomic mass is 9.82. The van der Waals surface area contributed by atoms with E-state index in [1.54, 1.807) is 12.1 Å². The van der Waals surface area contributed by atoms with Gasteiger partial charge in [0, 0.05) is 0 Å². The predicted molar refractivity (Wildman–Crippen MR) is 82.4 cm³/mol. The van der Waals surface area contributed by atoms with Crippen LogP contribution in [0.3, 0.4) is 0 Å². The molecule has 0 bridgehead atoms. The molecule has 2 atom stereocenters. The molecule has 1 fully saturated rings. The molecule has 3 nitrogen and oxygen atoms in total. The molecular formula is C17H25FN2O. The standard InChI is InChI=1S/C17H25FN2O/c1-17(2,3)15(12-7-9-13(18)10-8-12)20-16(21)14-6-4-5-11-19-14/h7-10,14-15,19H,4-6,11H2,1-3H3,(H,20,21)/t14-,15?/m1/s1. The highest BCUT2D eigenvalue weighted by molar-refractivity contribution is 5.82. The highest BCUT2D eigenvalue weighted by atomic mass is 19.1. The second-order valence-corrected chi connectivity index (χ2v) is 6.86.